The number of hydrogen-bond acceptors (Lipinski definition) is 4. The molecular formula is C22H13AlBr4Cl4O2S2. The van der Waals surface area contributed by atoms with Crippen LogP contribution in [0, 0.1) is 0 Å². The molecule has 0 bridgehead atoms. The summed E-state index contributed by atoms with van der Waals surface area (Å²) in [5, 5.41) is 5.56. The predicted octanol–water partition coefficient (Wildman–Crippen LogP) is 11.5. The Bertz CT molecular complexity index is 1170. The van der Waals surface area contributed by atoms with Crippen molar-refractivity contribution in [1.82, 2.24) is 0 Å². The molecule has 0 saturated carbocycles. The van der Waals surface area contributed by atoms with E-state index < -0.39 is 16.6 Å². The number of carbonyl (C=O) groups excluding carboxylic acids is 2. The topological polar surface area (TPSA) is 34.1 Å². The number of carbonyl (C=O) groups is 2. The van der Waals surface area contributed by atoms with Gasteiger partial charge in [-0.1, -0.05) is 60.7 Å². The first kappa shape index (κ1) is 33.8. The normalized spacial score (nSPS) is 9.37. The fourth-order valence-corrected chi connectivity index (χ4v) is 6.01. The molecule has 2 aromatic carbocycles. The molecule has 2 aromatic heterocycles. The van der Waals surface area contributed by atoms with E-state index in [1.807, 2.05) is 52.5 Å². The third-order valence-corrected chi connectivity index (χ3v) is 10.4. The second-order valence-electron chi connectivity index (χ2n) is 5.88. The molecule has 0 N–H and O–H groups in total. The highest BCUT2D eigenvalue weighted by Gasteiger charge is 2.16. The third-order valence-electron chi connectivity index (χ3n) is 3.50. The highest BCUT2D eigenvalue weighted by molar-refractivity contribution is 9.13. The Balaban J connectivity index is 0.000000261. The van der Waals surface area contributed by atoms with Crippen molar-refractivity contribution in [2.45, 2.75) is 0 Å². The molecule has 35 heavy (non-hydrogen) atoms. The number of ketones is 1. The smallest absolute Gasteiger partial charge is 0.288 e. The van der Waals surface area contributed by atoms with Crippen LogP contribution in [0.4, 0.5) is 0 Å². The largest absolute Gasteiger partial charge is 0.643 e. The summed E-state index contributed by atoms with van der Waals surface area (Å²) in [6.45, 7) is 0. The van der Waals surface area contributed by atoms with E-state index in [0.717, 1.165) is 22.8 Å². The van der Waals surface area contributed by atoms with Crippen LogP contribution in [0.3, 0.4) is 0 Å². The van der Waals surface area contributed by atoms with Gasteiger partial charge in [0.15, 0.2) is 0 Å². The van der Waals surface area contributed by atoms with Gasteiger partial charge in [0.05, 0.1) is 9.35 Å². The van der Waals surface area contributed by atoms with Gasteiger partial charge >= 0.3 is 11.4 Å². The van der Waals surface area contributed by atoms with E-state index in [9.17, 15) is 9.59 Å². The van der Waals surface area contributed by atoms with Crippen LogP contribution >= 0.6 is 128 Å². The van der Waals surface area contributed by atoms with Gasteiger partial charge in [-0.15, -0.1) is 11.3 Å². The SMILES string of the molecule is Brc1cscc1Br.O=C(Cl)c1ccccc1.O=C(c1ccccc1)c1scc(Br)c1Br.[Cl][Al]([Cl])[Cl]. The Morgan fingerprint density at radius 1 is 0.686 bits per heavy atom. The van der Waals surface area contributed by atoms with Gasteiger partial charge in [-0.05, 0) is 75.3 Å². The van der Waals surface area contributed by atoms with Gasteiger partial charge in [0.2, 0.25) is 5.78 Å². The second-order valence-corrected chi connectivity index (χ2v) is 17.6. The average molecular weight is 862 g/mol. The molecule has 0 amide bonds. The number of rotatable bonds is 3. The Hall–Kier alpha value is 0.792. The fraction of sp³-hybridized carbons (Fsp3) is 0. The molecule has 0 aliphatic carbocycles. The van der Waals surface area contributed by atoms with Crippen molar-refractivity contribution >= 4 is 151 Å². The van der Waals surface area contributed by atoms with Gasteiger partial charge in [0, 0.05) is 40.7 Å². The molecule has 184 valence electrons. The van der Waals surface area contributed by atoms with E-state index >= 15 is 0 Å². The van der Waals surface area contributed by atoms with E-state index in [4.69, 9.17) is 41.7 Å². The molecule has 0 unspecified atom stereocenters. The Morgan fingerprint density at radius 3 is 1.40 bits per heavy atom. The molecule has 0 aliphatic heterocycles. The number of benzene rings is 2. The van der Waals surface area contributed by atoms with Crippen LogP contribution in [0.5, 0.6) is 0 Å². The van der Waals surface area contributed by atoms with Crippen molar-refractivity contribution < 1.29 is 9.59 Å². The maximum atomic E-state index is 12.0. The molecule has 2 heterocycles. The van der Waals surface area contributed by atoms with Crippen molar-refractivity contribution in [2.75, 3.05) is 0 Å². The van der Waals surface area contributed by atoms with Crippen LogP contribution in [-0.2, 0) is 0 Å². The quantitative estimate of drug-likeness (QED) is 0.117. The van der Waals surface area contributed by atoms with Crippen molar-refractivity contribution in [3.8, 4) is 0 Å². The maximum absolute atomic E-state index is 12.0. The van der Waals surface area contributed by atoms with Gasteiger partial charge in [-0.25, -0.2) is 30.1 Å². The zero-order valence-corrected chi connectivity index (χ0v) is 29.4. The van der Waals surface area contributed by atoms with Gasteiger partial charge in [0.1, 0.15) is 0 Å². The Kier molecular flexibility index (Phi) is 18.3. The molecule has 0 radical (unpaired) electrons. The van der Waals surface area contributed by atoms with Crippen LogP contribution < -0.4 is 0 Å². The lowest BCUT2D eigenvalue weighted by molar-refractivity contribution is 0.104. The predicted molar refractivity (Wildman–Crippen MR) is 169 cm³/mol. The van der Waals surface area contributed by atoms with E-state index in [2.05, 4.69) is 63.7 Å². The molecule has 2 nitrogen and oxygen atoms in total. The Labute approximate surface area is 267 Å². The molecule has 0 atom stereocenters. The van der Waals surface area contributed by atoms with Crippen molar-refractivity contribution in [1.29, 1.82) is 0 Å². The molecule has 4 aromatic rings. The second kappa shape index (κ2) is 18.9. The van der Waals surface area contributed by atoms with Crippen LogP contribution in [0.25, 0.3) is 0 Å². The monoisotopic (exact) mass is 856 g/mol. The van der Waals surface area contributed by atoms with Crippen molar-refractivity contribution in [2.24, 2.45) is 0 Å². The summed E-state index contributed by atoms with van der Waals surface area (Å²) in [4.78, 5) is 23.2. The summed E-state index contributed by atoms with van der Waals surface area (Å²) in [5.74, 6) is 0.0539. The fourth-order valence-electron chi connectivity index (χ4n) is 2.03. The summed E-state index contributed by atoms with van der Waals surface area (Å²) in [6, 6.07) is 18.0. The van der Waals surface area contributed by atoms with Gasteiger partial charge in [0.25, 0.3) is 5.24 Å². The third kappa shape index (κ3) is 13.9. The maximum Gasteiger partial charge on any atom is 0.643 e. The lowest BCUT2D eigenvalue weighted by Gasteiger charge is -1.98. The first-order valence-electron chi connectivity index (χ1n) is 9.11. The number of thiophene rings is 2. The molecule has 0 saturated heterocycles. The molecule has 0 fully saturated rings. The van der Waals surface area contributed by atoms with Crippen molar-refractivity contribution in [3.05, 3.63) is 111 Å². The van der Waals surface area contributed by atoms with E-state index in [0.29, 0.717) is 11.1 Å². The van der Waals surface area contributed by atoms with E-state index in [-0.39, 0.29) is 5.78 Å². The molecule has 13 heteroatoms. The van der Waals surface area contributed by atoms with Gasteiger partial charge < -0.3 is 0 Å². The molecule has 0 aliphatic rings. The minimum atomic E-state index is -1.72. The van der Waals surface area contributed by atoms with Crippen molar-refractivity contribution in [3.63, 3.8) is 0 Å². The summed E-state index contributed by atoms with van der Waals surface area (Å²) >= 11 is 20.0. The number of halogens is 8. The van der Waals surface area contributed by atoms with Crippen LogP contribution in [0.1, 0.15) is 25.6 Å². The van der Waals surface area contributed by atoms with Crippen LogP contribution in [0.15, 0.2) is 94.7 Å². The number of hydrogen-bond donors (Lipinski definition) is 0. The minimum absolute atomic E-state index is 0.0539. The summed E-state index contributed by atoms with van der Waals surface area (Å²) in [6.07, 6.45) is 0. The lowest BCUT2D eigenvalue weighted by atomic mass is 10.1. The highest BCUT2D eigenvalue weighted by atomic mass is 79.9. The van der Waals surface area contributed by atoms with E-state index in [1.165, 1.54) is 11.3 Å². The minimum Gasteiger partial charge on any atom is -0.288 e. The average Bonchev–Trinajstić information content (AvgIpc) is 3.38. The summed E-state index contributed by atoms with van der Waals surface area (Å²) in [5.41, 5.74) is 1.26. The summed E-state index contributed by atoms with van der Waals surface area (Å²) < 4.78 is 4.03. The molecule has 4 rings (SSSR count). The van der Waals surface area contributed by atoms with E-state index in [1.54, 1.807) is 35.6 Å². The zero-order valence-electron chi connectivity index (χ0n) is 17.2. The molecule has 0 spiro atoms. The Morgan fingerprint density at radius 2 is 1.11 bits per heavy atom. The van der Waals surface area contributed by atoms with Gasteiger partial charge in [-0.3, -0.25) is 9.59 Å². The molecular weight excluding hydrogens is 849 g/mol. The van der Waals surface area contributed by atoms with Crippen LogP contribution in [0.2, 0.25) is 0 Å². The lowest BCUT2D eigenvalue weighted by Crippen LogP contribution is -1.98. The zero-order chi connectivity index (χ0) is 26.4. The van der Waals surface area contributed by atoms with Crippen LogP contribution in [-0.4, -0.2) is 22.4 Å². The first-order chi connectivity index (χ1) is 16.5. The highest BCUT2D eigenvalue weighted by Crippen LogP contribution is 2.34. The first-order valence-corrected chi connectivity index (χ1v) is 19.7. The van der Waals surface area contributed by atoms with Gasteiger partial charge in [-0.2, -0.15) is 11.3 Å². The standard InChI is InChI=1S/C11H6Br2OS.C7H5ClO.C4H2Br2S.Al.3ClH/c12-8-6-15-11(9(8)13)10(14)7-4-2-1-3-5-7;8-7(9)6-4-2-1-3-5-6;5-3-1-7-2-4(3)6;;;;/h1-6H;1-5H;1-2H;;3*1H/q;;;+3;;;/p-3. The summed E-state index contributed by atoms with van der Waals surface area (Å²) in [7, 11) is 14.8.